The Labute approximate surface area is 136 Å². The number of nitrogens with one attached hydrogen (secondary N) is 2. The average molecular weight is 322 g/mol. The number of amides is 1. The highest BCUT2D eigenvalue weighted by Gasteiger charge is 2.27. The van der Waals surface area contributed by atoms with Crippen molar-refractivity contribution in [2.45, 2.75) is 46.7 Å². The fraction of sp³-hybridized carbons (Fsp3) is 0.733. The molecule has 1 amide bonds. The number of likely N-dealkylation sites (tertiary alicyclic amines) is 1. The summed E-state index contributed by atoms with van der Waals surface area (Å²) in [4.78, 5) is 22.6. The molecule has 128 valence electrons. The van der Waals surface area contributed by atoms with Crippen LogP contribution in [-0.4, -0.2) is 52.6 Å². The molecule has 1 atom stereocenters. The lowest BCUT2D eigenvalue weighted by atomic mass is 10.2. The summed E-state index contributed by atoms with van der Waals surface area (Å²) in [6.45, 7) is 10.2. The summed E-state index contributed by atoms with van der Waals surface area (Å²) in [6, 6.07) is 0.211. The number of nitrogens with zero attached hydrogens (tertiary/aromatic N) is 4. The first kappa shape index (κ1) is 17.2. The fourth-order valence-electron chi connectivity index (χ4n) is 2.51. The molecule has 2 heterocycles. The summed E-state index contributed by atoms with van der Waals surface area (Å²) in [6.07, 6.45) is 0.921. The van der Waals surface area contributed by atoms with Crippen LogP contribution in [0.15, 0.2) is 9.52 Å². The van der Waals surface area contributed by atoms with Crippen LogP contribution < -0.4 is 10.6 Å². The van der Waals surface area contributed by atoms with Crippen molar-refractivity contribution in [1.29, 1.82) is 0 Å². The molecule has 1 aromatic heterocycles. The largest absolute Gasteiger partial charge is 0.357 e. The molecule has 1 aliphatic heterocycles. The second-order valence-corrected chi connectivity index (χ2v) is 5.99. The molecule has 1 saturated heterocycles. The lowest BCUT2D eigenvalue weighted by Gasteiger charge is -2.20. The standard InChI is InChI=1S/C15H26N6O2/c1-5-16-15(17-8-13-18-11(4)23-20-13)19-12-6-7-21(9-12)14(22)10(2)3/h10,12H,5-9H2,1-4H3,(H2,16,17,19). The van der Waals surface area contributed by atoms with E-state index in [0.717, 1.165) is 19.5 Å². The quantitative estimate of drug-likeness (QED) is 0.612. The van der Waals surface area contributed by atoms with Gasteiger partial charge in [-0.15, -0.1) is 0 Å². The summed E-state index contributed by atoms with van der Waals surface area (Å²) >= 11 is 0. The maximum atomic E-state index is 12.0. The third-order valence-corrected chi connectivity index (χ3v) is 3.63. The van der Waals surface area contributed by atoms with Crippen LogP contribution in [0.1, 0.15) is 38.9 Å². The predicted molar refractivity (Wildman–Crippen MR) is 86.8 cm³/mol. The van der Waals surface area contributed by atoms with Gasteiger partial charge in [-0.2, -0.15) is 4.98 Å². The normalized spacial score (nSPS) is 18.6. The number of guanidine groups is 1. The van der Waals surface area contributed by atoms with Crippen LogP contribution in [0.4, 0.5) is 0 Å². The van der Waals surface area contributed by atoms with E-state index >= 15 is 0 Å². The van der Waals surface area contributed by atoms with Gasteiger partial charge in [0, 0.05) is 38.5 Å². The third kappa shape index (κ3) is 4.94. The topological polar surface area (TPSA) is 95.7 Å². The molecular weight excluding hydrogens is 296 g/mol. The van der Waals surface area contributed by atoms with Gasteiger partial charge in [0.15, 0.2) is 11.8 Å². The van der Waals surface area contributed by atoms with Crippen LogP contribution in [0, 0.1) is 12.8 Å². The van der Waals surface area contributed by atoms with E-state index in [1.165, 1.54) is 0 Å². The Bertz CT molecular complexity index is 554. The van der Waals surface area contributed by atoms with E-state index in [2.05, 4.69) is 25.8 Å². The van der Waals surface area contributed by atoms with Crippen molar-refractivity contribution in [1.82, 2.24) is 25.7 Å². The van der Waals surface area contributed by atoms with E-state index in [1.54, 1.807) is 6.92 Å². The maximum absolute atomic E-state index is 12.0. The minimum Gasteiger partial charge on any atom is -0.357 e. The highest BCUT2D eigenvalue weighted by Crippen LogP contribution is 2.12. The average Bonchev–Trinajstić information content (AvgIpc) is 3.13. The molecule has 1 aromatic rings. The predicted octanol–water partition coefficient (Wildman–Crippen LogP) is 0.690. The molecular formula is C15H26N6O2. The van der Waals surface area contributed by atoms with E-state index in [4.69, 9.17) is 4.52 Å². The number of aliphatic imine (C=N–C) groups is 1. The fourth-order valence-corrected chi connectivity index (χ4v) is 2.51. The van der Waals surface area contributed by atoms with Crippen molar-refractivity contribution in [2.75, 3.05) is 19.6 Å². The molecule has 1 unspecified atom stereocenters. The van der Waals surface area contributed by atoms with Crippen LogP contribution in [-0.2, 0) is 11.3 Å². The Hall–Kier alpha value is -2.12. The first-order valence-corrected chi connectivity index (χ1v) is 8.12. The Morgan fingerprint density at radius 2 is 2.30 bits per heavy atom. The molecule has 0 aliphatic carbocycles. The van der Waals surface area contributed by atoms with Crippen molar-refractivity contribution < 1.29 is 9.32 Å². The second kappa shape index (κ2) is 7.94. The smallest absolute Gasteiger partial charge is 0.225 e. The Balaban J connectivity index is 1.90. The van der Waals surface area contributed by atoms with Gasteiger partial charge in [-0.1, -0.05) is 19.0 Å². The zero-order valence-electron chi connectivity index (χ0n) is 14.3. The molecule has 1 fully saturated rings. The number of hydrogen-bond donors (Lipinski definition) is 2. The van der Waals surface area contributed by atoms with Gasteiger partial charge in [0.25, 0.3) is 0 Å². The molecule has 0 spiro atoms. The number of hydrogen-bond acceptors (Lipinski definition) is 5. The highest BCUT2D eigenvalue weighted by atomic mass is 16.5. The maximum Gasteiger partial charge on any atom is 0.225 e. The van der Waals surface area contributed by atoms with Crippen LogP contribution in [0.25, 0.3) is 0 Å². The van der Waals surface area contributed by atoms with Crippen molar-refractivity contribution in [2.24, 2.45) is 10.9 Å². The monoisotopic (exact) mass is 322 g/mol. The Morgan fingerprint density at radius 1 is 1.52 bits per heavy atom. The van der Waals surface area contributed by atoms with Gasteiger partial charge in [-0.3, -0.25) is 4.79 Å². The molecule has 0 radical (unpaired) electrons. The molecule has 8 heteroatoms. The third-order valence-electron chi connectivity index (χ3n) is 3.63. The number of aromatic nitrogens is 2. The zero-order chi connectivity index (χ0) is 16.8. The summed E-state index contributed by atoms with van der Waals surface area (Å²) in [5.41, 5.74) is 0. The van der Waals surface area contributed by atoms with E-state index in [9.17, 15) is 4.79 Å². The van der Waals surface area contributed by atoms with Gasteiger partial charge >= 0.3 is 0 Å². The second-order valence-electron chi connectivity index (χ2n) is 5.99. The minimum absolute atomic E-state index is 0.0390. The number of carbonyl (C=O) groups is 1. The van der Waals surface area contributed by atoms with Crippen LogP contribution in [0.5, 0.6) is 0 Å². The zero-order valence-corrected chi connectivity index (χ0v) is 14.3. The summed E-state index contributed by atoms with van der Waals surface area (Å²) in [7, 11) is 0. The summed E-state index contributed by atoms with van der Waals surface area (Å²) in [5.74, 6) is 2.05. The van der Waals surface area contributed by atoms with Crippen LogP contribution in [0.3, 0.4) is 0 Å². The molecule has 0 saturated carbocycles. The van der Waals surface area contributed by atoms with Gasteiger partial charge in [0.05, 0.1) is 0 Å². The van der Waals surface area contributed by atoms with Gasteiger partial charge < -0.3 is 20.1 Å². The number of rotatable bonds is 5. The molecule has 1 aliphatic rings. The van der Waals surface area contributed by atoms with E-state index in [-0.39, 0.29) is 17.9 Å². The summed E-state index contributed by atoms with van der Waals surface area (Å²) < 4.78 is 4.94. The molecule has 23 heavy (non-hydrogen) atoms. The number of carbonyl (C=O) groups excluding carboxylic acids is 1. The lowest BCUT2D eigenvalue weighted by molar-refractivity contribution is -0.133. The minimum atomic E-state index is 0.0390. The molecule has 0 bridgehead atoms. The Morgan fingerprint density at radius 3 is 2.91 bits per heavy atom. The van der Waals surface area contributed by atoms with Crippen LogP contribution in [0.2, 0.25) is 0 Å². The molecule has 2 N–H and O–H groups in total. The van der Waals surface area contributed by atoms with Gasteiger partial charge in [-0.05, 0) is 13.3 Å². The first-order valence-electron chi connectivity index (χ1n) is 8.12. The van der Waals surface area contributed by atoms with E-state index < -0.39 is 0 Å². The van der Waals surface area contributed by atoms with Crippen molar-refractivity contribution >= 4 is 11.9 Å². The molecule has 0 aromatic carbocycles. The van der Waals surface area contributed by atoms with Crippen LogP contribution >= 0.6 is 0 Å². The van der Waals surface area contributed by atoms with Crippen molar-refractivity contribution in [3.63, 3.8) is 0 Å². The SMILES string of the molecule is CCNC(=NCc1noc(C)n1)NC1CCN(C(=O)C(C)C)C1. The van der Waals surface area contributed by atoms with Crippen molar-refractivity contribution in [3.8, 4) is 0 Å². The molecule has 2 rings (SSSR count). The highest BCUT2D eigenvalue weighted by molar-refractivity contribution is 5.81. The van der Waals surface area contributed by atoms with E-state index in [0.29, 0.717) is 30.8 Å². The number of aryl methyl sites for hydroxylation is 1. The van der Waals surface area contributed by atoms with Crippen molar-refractivity contribution in [3.05, 3.63) is 11.7 Å². The first-order chi connectivity index (χ1) is 11.0. The van der Waals surface area contributed by atoms with E-state index in [1.807, 2.05) is 25.7 Å². The van der Waals surface area contributed by atoms with Gasteiger partial charge in [0.1, 0.15) is 6.54 Å². The van der Waals surface area contributed by atoms with Gasteiger partial charge in [0.2, 0.25) is 11.8 Å². The van der Waals surface area contributed by atoms with Gasteiger partial charge in [-0.25, -0.2) is 4.99 Å². The summed E-state index contributed by atoms with van der Waals surface area (Å²) in [5, 5.41) is 10.4. The lowest BCUT2D eigenvalue weighted by Crippen LogP contribution is -2.45. The Kier molecular flexibility index (Phi) is 5.95. The molecule has 8 nitrogen and oxygen atoms in total.